The molecular formula is C25H19NO5. The summed E-state index contributed by atoms with van der Waals surface area (Å²) >= 11 is 0. The molecule has 1 heterocycles. The van der Waals surface area contributed by atoms with Gasteiger partial charge < -0.3 is 9.84 Å². The fraction of sp³-hybridized carbons (Fsp3) is 0.160. The Morgan fingerprint density at radius 1 is 0.839 bits per heavy atom. The number of amides is 1. The molecule has 2 aliphatic rings. The van der Waals surface area contributed by atoms with Crippen molar-refractivity contribution in [2.24, 2.45) is 0 Å². The van der Waals surface area contributed by atoms with E-state index in [-0.39, 0.29) is 24.9 Å². The Morgan fingerprint density at radius 3 is 1.94 bits per heavy atom. The Bertz CT molecular complexity index is 1170. The summed E-state index contributed by atoms with van der Waals surface area (Å²) in [6, 6.07) is 21.1. The highest BCUT2D eigenvalue weighted by Gasteiger charge is 2.40. The van der Waals surface area contributed by atoms with Gasteiger partial charge in [0.1, 0.15) is 6.61 Å². The maximum absolute atomic E-state index is 12.9. The van der Waals surface area contributed by atoms with Gasteiger partial charge in [0.15, 0.2) is 11.8 Å². The average molecular weight is 413 g/mol. The molecule has 0 radical (unpaired) electrons. The summed E-state index contributed by atoms with van der Waals surface area (Å²) in [5.74, 6) is -1.65. The first-order chi connectivity index (χ1) is 15.1. The predicted molar refractivity (Wildman–Crippen MR) is 113 cm³/mol. The van der Waals surface area contributed by atoms with E-state index < -0.39 is 18.1 Å². The van der Waals surface area contributed by atoms with Gasteiger partial charge in [-0.05, 0) is 27.8 Å². The number of carbonyl (C=O) groups excluding carboxylic acids is 2. The highest BCUT2D eigenvalue weighted by Crippen LogP contribution is 2.44. The van der Waals surface area contributed by atoms with E-state index in [9.17, 15) is 19.5 Å². The zero-order chi connectivity index (χ0) is 21.5. The summed E-state index contributed by atoms with van der Waals surface area (Å²) < 4.78 is 5.59. The second-order valence-electron chi connectivity index (χ2n) is 7.68. The Balaban J connectivity index is 1.41. The Morgan fingerprint density at radius 2 is 1.35 bits per heavy atom. The number of nitrogens with zero attached hydrogens (tertiary/aromatic N) is 1. The molecule has 1 amide bonds. The summed E-state index contributed by atoms with van der Waals surface area (Å²) in [4.78, 5) is 38.4. The summed E-state index contributed by atoms with van der Waals surface area (Å²) in [6.45, 7) is -0.268. The molecule has 6 nitrogen and oxygen atoms in total. The Kier molecular flexibility index (Phi) is 4.55. The first-order valence-electron chi connectivity index (χ1n) is 10.0. The third-order valence-electron chi connectivity index (χ3n) is 5.99. The minimum atomic E-state index is -1.26. The highest BCUT2D eigenvalue weighted by molar-refractivity contribution is 6.04. The standard InChI is InChI=1S/C25H19NO5/c27-22-13-26(23(24(28)29)20-12-6-5-11-19(20)22)25(30)31-14-21-17-9-3-1-7-15(17)16-8-2-4-10-18(16)21/h1-12,21,23H,13-14H2,(H,28,29). The van der Waals surface area contributed by atoms with Crippen LogP contribution >= 0.6 is 0 Å². The molecule has 1 unspecified atom stereocenters. The molecule has 0 saturated heterocycles. The SMILES string of the molecule is O=C1CN(C(=O)OCC2c3ccccc3-c3ccccc32)C(C(=O)O)c2ccccc21. The van der Waals surface area contributed by atoms with Crippen LogP contribution in [0.3, 0.4) is 0 Å². The van der Waals surface area contributed by atoms with Gasteiger partial charge in [0.25, 0.3) is 0 Å². The molecule has 0 spiro atoms. The number of ether oxygens (including phenoxy) is 1. The summed E-state index contributed by atoms with van der Waals surface area (Å²) in [5, 5.41) is 9.77. The maximum Gasteiger partial charge on any atom is 0.411 e. The molecule has 0 bridgehead atoms. The quantitative estimate of drug-likeness (QED) is 0.694. The molecule has 1 aliphatic heterocycles. The molecule has 31 heavy (non-hydrogen) atoms. The molecule has 3 aromatic rings. The lowest BCUT2D eigenvalue weighted by atomic mass is 9.92. The van der Waals surface area contributed by atoms with E-state index in [1.54, 1.807) is 24.3 Å². The molecule has 0 saturated carbocycles. The smallest absolute Gasteiger partial charge is 0.411 e. The van der Waals surface area contributed by atoms with Gasteiger partial charge in [-0.15, -0.1) is 0 Å². The van der Waals surface area contributed by atoms with Gasteiger partial charge in [-0.3, -0.25) is 9.69 Å². The largest absolute Gasteiger partial charge is 0.479 e. The monoisotopic (exact) mass is 413 g/mol. The van der Waals surface area contributed by atoms with Crippen molar-refractivity contribution < 1.29 is 24.2 Å². The number of ketones is 1. The van der Waals surface area contributed by atoms with Crippen LogP contribution in [-0.4, -0.2) is 41.0 Å². The molecular weight excluding hydrogens is 394 g/mol. The van der Waals surface area contributed by atoms with Crippen molar-refractivity contribution in [2.75, 3.05) is 13.2 Å². The van der Waals surface area contributed by atoms with Crippen molar-refractivity contribution in [3.8, 4) is 11.1 Å². The number of carboxylic acids is 1. The van der Waals surface area contributed by atoms with Gasteiger partial charge >= 0.3 is 12.1 Å². The van der Waals surface area contributed by atoms with E-state index in [0.717, 1.165) is 27.2 Å². The Labute approximate surface area is 178 Å². The fourth-order valence-electron chi connectivity index (χ4n) is 4.60. The molecule has 3 aromatic carbocycles. The second-order valence-corrected chi connectivity index (χ2v) is 7.68. The van der Waals surface area contributed by atoms with Crippen molar-refractivity contribution in [1.29, 1.82) is 0 Å². The van der Waals surface area contributed by atoms with E-state index in [0.29, 0.717) is 11.1 Å². The molecule has 1 atom stereocenters. The van der Waals surface area contributed by atoms with Crippen molar-refractivity contribution in [2.45, 2.75) is 12.0 Å². The summed E-state index contributed by atoms with van der Waals surface area (Å²) in [6.07, 6.45) is -0.808. The van der Waals surface area contributed by atoms with Crippen LogP contribution in [0.1, 0.15) is 39.0 Å². The van der Waals surface area contributed by atoms with E-state index in [2.05, 4.69) is 0 Å². The van der Waals surface area contributed by atoms with Crippen LogP contribution in [0.4, 0.5) is 4.79 Å². The van der Waals surface area contributed by atoms with Crippen molar-refractivity contribution in [1.82, 2.24) is 4.90 Å². The fourth-order valence-corrected chi connectivity index (χ4v) is 4.60. The molecule has 1 N–H and O–H groups in total. The number of carbonyl (C=O) groups is 3. The third kappa shape index (κ3) is 3.08. The van der Waals surface area contributed by atoms with Crippen molar-refractivity contribution in [3.63, 3.8) is 0 Å². The topological polar surface area (TPSA) is 83.9 Å². The molecule has 0 fully saturated rings. The van der Waals surface area contributed by atoms with Gasteiger partial charge in [0.2, 0.25) is 0 Å². The minimum Gasteiger partial charge on any atom is -0.479 e. The maximum atomic E-state index is 12.9. The third-order valence-corrected chi connectivity index (χ3v) is 5.99. The first-order valence-corrected chi connectivity index (χ1v) is 10.0. The van der Waals surface area contributed by atoms with Gasteiger partial charge in [0.05, 0.1) is 6.54 Å². The number of carboxylic acid groups (broad SMARTS) is 1. The lowest BCUT2D eigenvalue weighted by molar-refractivity contribution is -0.143. The predicted octanol–water partition coefficient (Wildman–Crippen LogP) is 4.26. The lowest BCUT2D eigenvalue weighted by Gasteiger charge is -2.33. The van der Waals surface area contributed by atoms with Crippen LogP contribution in [0.2, 0.25) is 0 Å². The van der Waals surface area contributed by atoms with E-state index in [4.69, 9.17) is 4.74 Å². The van der Waals surface area contributed by atoms with E-state index in [1.807, 2.05) is 48.5 Å². The second kappa shape index (κ2) is 7.40. The average Bonchev–Trinajstić information content (AvgIpc) is 3.11. The molecule has 6 heteroatoms. The number of fused-ring (bicyclic) bond motifs is 4. The molecule has 154 valence electrons. The zero-order valence-corrected chi connectivity index (χ0v) is 16.5. The van der Waals surface area contributed by atoms with Gasteiger partial charge in [-0.25, -0.2) is 9.59 Å². The van der Waals surface area contributed by atoms with Crippen LogP contribution in [0.15, 0.2) is 72.8 Å². The number of hydrogen-bond donors (Lipinski definition) is 1. The van der Waals surface area contributed by atoms with Crippen molar-refractivity contribution in [3.05, 3.63) is 95.1 Å². The summed E-state index contributed by atoms with van der Waals surface area (Å²) in [5.41, 5.74) is 4.96. The number of rotatable bonds is 3. The lowest BCUT2D eigenvalue weighted by Crippen LogP contribution is -2.46. The normalized spacial score (nSPS) is 17.0. The molecule has 5 rings (SSSR count). The highest BCUT2D eigenvalue weighted by atomic mass is 16.6. The van der Waals surface area contributed by atoms with Gasteiger partial charge in [-0.2, -0.15) is 0 Å². The van der Waals surface area contributed by atoms with Crippen LogP contribution in [0.5, 0.6) is 0 Å². The Hall–Kier alpha value is -3.93. The van der Waals surface area contributed by atoms with Crippen LogP contribution in [-0.2, 0) is 9.53 Å². The van der Waals surface area contributed by atoms with Crippen LogP contribution in [0, 0.1) is 0 Å². The number of benzene rings is 3. The van der Waals surface area contributed by atoms with Crippen LogP contribution < -0.4 is 0 Å². The number of hydrogen-bond acceptors (Lipinski definition) is 4. The number of aliphatic carboxylic acids is 1. The van der Waals surface area contributed by atoms with Gasteiger partial charge in [-0.1, -0.05) is 72.8 Å². The summed E-state index contributed by atoms with van der Waals surface area (Å²) in [7, 11) is 0. The van der Waals surface area contributed by atoms with Crippen LogP contribution in [0.25, 0.3) is 11.1 Å². The molecule has 1 aliphatic carbocycles. The first kappa shape index (κ1) is 19.1. The zero-order valence-electron chi connectivity index (χ0n) is 16.5. The van der Waals surface area contributed by atoms with Gasteiger partial charge in [0, 0.05) is 11.5 Å². The number of Topliss-reactive ketones (excluding diaryl/α,β-unsaturated/α-hetero) is 1. The molecule has 0 aromatic heterocycles. The van der Waals surface area contributed by atoms with E-state index >= 15 is 0 Å². The van der Waals surface area contributed by atoms with E-state index in [1.165, 1.54) is 0 Å². The minimum absolute atomic E-state index is 0.0610. The van der Waals surface area contributed by atoms with Crippen molar-refractivity contribution >= 4 is 17.8 Å².